The lowest BCUT2D eigenvalue weighted by Crippen LogP contribution is -2.48. The van der Waals surface area contributed by atoms with Gasteiger partial charge in [0.05, 0.1) is 6.61 Å². The second-order valence-corrected chi connectivity index (χ2v) is 4.83. The Kier molecular flexibility index (Phi) is 7.28. The minimum absolute atomic E-state index is 0.00531. The van der Waals surface area contributed by atoms with Gasteiger partial charge in [-0.2, -0.15) is 0 Å². The van der Waals surface area contributed by atoms with Crippen molar-refractivity contribution in [3.8, 4) is 0 Å². The van der Waals surface area contributed by atoms with E-state index in [9.17, 15) is 4.79 Å². The highest BCUT2D eigenvalue weighted by molar-refractivity contribution is 5.75. The molecular weight excluding hydrogens is 228 g/mol. The first kappa shape index (κ1) is 15.4. The van der Waals surface area contributed by atoms with Gasteiger partial charge in [-0.3, -0.25) is 9.69 Å². The molecule has 1 rings (SSSR count). The first-order valence-corrected chi connectivity index (χ1v) is 7.35. The maximum absolute atomic E-state index is 11.9. The fourth-order valence-electron chi connectivity index (χ4n) is 2.57. The maximum atomic E-state index is 11.9. The number of carbonyl (C=O) groups is 1. The fourth-order valence-corrected chi connectivity index (χ4v) is 2.57. The average molecular weight is 256 g/mol. The van der Waals surface area contributed by atoms with Gasteiger partial charge in [-0.05, 0) is 39.4 Å². The van der Waals surface area contributed by atoms with Crippen LogP contribution in [-0.4, -0.2) is 61.1 Å². The highest BCUT2D eigenvalue weighted by Crippen LogP contribution is 2.18. The van der Waals surface area contributed by atoms with E-state index in [0.29, 0.717) is 6.61 Å². The van der Waals surface area contributed by atoms with Gasteiger partial charge in [0.2, 0.25) is 0 Å². The number of piperidine rings is 1. The molecule has 0 bridgehead atoms. The van der Waals surface area contributed by atoms with E-state index in [0.717, 1.165) is 45.6 Å². The van der Waals surface area contributed by atoms with Crippen LogP contribution in [-0.2, 0) is 9.53 Å². The van der Waals surface area contributed by atoms with E-state index in [1.165, 1.54) is 6.42 Å². The summed E-state index contributed by atoms with van der Waals surface area (Å²) in [6.07, 6.45) is 3.30. The number of likely N-dealkylation sites (N-methyl/N-ethyl adjacent to an activating group) is 1. The van der Waals surface area contributed by atoms with Crippen LogP contribution < -0.4 is 0 Å². The molecule has 1 heterocycles. The zero-order valence-electron chi connectivity index (χ0n) is 12.2. The summed E-state index contributed by atoms with van der Waals surface area (Å²) in [4.78, 5) is 16.6. The number of rotatable bonds is 7. The largest absolute Gasteiger partial charge is 0.465 e. The van der Waals surface area contributed by atoms with Crippen LogP contribution in [0.5, 0.6) is 0 Å². The van der Waals surface area contributed by atoms with E-state index in [-0.39, 0.29) is 12.0 Å². The van der Waals surface area contributed by atoms with Crippen molar-refractivity contribution in [1.82, 2.24) is 9.80 Å². The fraction of sp³-hybridized carbons (Fsp3) is 0.929. The van der Waals surface area contributed by atoms with Crippen molar-refractivity contribution < 1.29 is 9.53 Å². The van der Waals surface area contributed by atoms with Crippen molar-refractivity contribution >= 4 is 5.97 Å². The van der Waals surface area contributed by atoms with Gasteiger partial charge in [-0.15, -0.1) is 0 Å². The van der Waals surface area contributed by atoms with Crippen molar-refractivity contribution in [1.29, 1.82) is 0 Å². The topological polar surface area (TPSA) is 32.8 Å². The van der Waals surface area contributed by atoms with Crippen molar-refractivity contribution in [2.75, 3.05) is 39.3 Å². The molecule has 0 aromatic rings. The summed E-state index contributed by atoms with van der Waals surface area (Å²) >= 11 is 0. The van der Waals surface area contributed by atoms with Gasteiger partial charge in [0, 0.05) is 13.1 Å². The third kappa shape index (κ3) is 4.58. The average Bonchev–Trinajstić information content (AvgIpc) is 2.40. The Morgan fingerprint density at radius 1 is 1.28 bits per heavy atom. The molecule has 1 saturated heterocycles. The first-order valence-electron chi connectivity index (χ1n) is 7.35. The minimum Gasteiger partial charge on any atom is -0.465 e. The molecule has 1 unspecified atom stereocenters. The van der Waals surface area contributed by atoms with Crippen LogP contribution in [0.25, 0.3) is 0 Å². The Labute approximate surface area is 111 Å². The summed E-state index contributed by atoms with van der Waals surface area (Å²) in [5.74, 6) is -0.0308. The van der Waals surface area contributed by atoms with Crippen LogP contribution in [0.1, 0.15) is 40.0 Å². The Bertz CT molecular complexity index is 242. The van der Waals surface area contributed by atoms with Gasteiger partial charge in [0.15, 0.2) is 0 Å². The zero-order chi connectivity index (χ0) is 13.4. The summed E-state index contributed by atoms with van der Waals surface area (Å²) in [6, 6.07) is -0.00531. The van der Waals surface area contributed by atoms with Crippen molar-refractivity contribution in [3.05, 3.63) is 0 Å². The SMILES string of the molecule is CCOC(=O)C1CCCCN1CCN(CC)CC. The van der Waals surface area contributed by atoms with Gasteiger partial charge in [-0.1, -0.05) is 20.3 Å². The van der Waals surface area contributed by atoms with Gasteiger partial charge >= 0.3 is 5.97 Å². The number of esters is 1. The van der Waals surface area contributed by atoms with E-state index in [1.807, 2.05) is 6.92 Å². The molecule has 1 atom stereocenters. The summed E-state index contributed by atoms with van der Waals surface area (Å²) in [5, 5.41) is 0. The first-order chi connectivity index (χ1) is 8.72. The molecule has 18 heavy (non-hydrogen) atoms. The lowest BCUT2D eigenvalue weighted by molar-refractivity contribution is -0.151. The standard InChI is InChI=1S/C14H28N2O2/c1-4-15(5-2)11-12-16-10-8-7-9-13(16)14(17)18-6-3/h13H,4-12H2,1-3H3. The number of carbonyl (C=O) groups excluding carboxylic acids is 1. The normalized spacial score (nSPS) is 21.2. The lowest BCUT2D eigenvalue weighted by Gasteiger charge is -2.35. The lowest BCUT2D eigenvalue weighted by atomic mass is 10.0. The number of hydrogen-bond acceptors (Lipinski definition) is 4. The molecule has 4 nitrogen and oxygen atoms in total. The number of hydrogen-bond donors (Lipinski definition) is 0. The summed E-state index contributed by atoms with van der Waals surface area (Å²) < 4.78 is 5.18. The molecule has 1 fully saturated rings. The third-order valence-corrected chi connectivity index (χ3v) is 3.77. The van der Waals surface area contributed by atoms with Crippen LogP contribution in [0.15, 0.2) is 0 Å². The summed E-state index contributed by atoms with van der Waals surface area (Å²) in [5.41, 5.74) is 0. The molecule has 1 aliphatic heterocycles. The highest BCUT2D eigenvalue weighted by Gasteiger charge is 2.29. The van der Waals surface area contributed by atoms with Crippen LogP contribution in [0.4, 0.5) is 0 Å². The molecule has 0 radical (unpaired) electrons. The summed E-state index contributed by atoms with van der Waals surface area (Å²) in [7, 11) is 0. The van der Waals surface area contributed by atoms with Crippen molar-refractivity contribution in [2.24, 2.45) is 0 Å². The minimum atomic E-state index is -0.0308. The second kappa shape index (κ2) is 8.48. The van der Waals surface area contributed by atoms with Crippen LogP contribution >= 0.6 is 0 Å². The second-order valence-electron chi connectivity index (χ2n) is 4.83. The van der Waals surface area contributed by atoms with Gasteiger partial charge < -0.3 is 9.64 Å². The van der Waals surface area contributed by atoms with E-state index in [4.69, 9.17) is 4.74 Å². The van der Waals surface area contributed by atoms with E-state index < -0.39 is 0 Å². The smallest absolute Gasteiger partial charge is 0.323 e. The molecular formula is C14H28N2O2. The molecule has 106 valence electrons. The van der Waals surface area contributed by atoms with Gasteiger partial charge in [-0.25, -0.2) is 0 Å². The Hall–Kier alpha value is -0.610. The Morgan fingerprint density at radius 2 is 2.00 bits per heavy atom. The summed E-state index contributed by atoms with van der Waals surface area (Å²) in [6.45, 7) is 11.9. The monoisotopic (exact) mass is 256 g/mol. The Balaban J connectivity index is 2.46. The predicted molar refractivity (Wildman–Crippen MR) is 73.6 cm³/mol. The van der Waals surface area contributed by atoms with Crippen LogP contribution in [0, 0.1) is 0 Å². The Morgan fingerprint density at radius 3 is 2.61 bits per heavy atom. The molecule has 0 aromatic heterocycles. The highest BCUT2D eigenvalue weighted by atomic mass is 16.5. The zero-order valence-corrected chi connectivity index (χ0v) is 12.2. The van der Waals surface area contributed by atoms with Gasteiger partial charge in [0.1, 0.15) is 6.04 Å². The van der Waals surface area contributed by atoms with E-state index in [1.54, 1.807) is 0 Å². The van der Waals surface area contributed by atoms with Crippen LogP contribution in [0.2, 0.25) is 0 Å². The molecule has 0 amide bonds. The molecule has 0 saturated carbocycles. The molecule has 0 aliphatic carbocycles. The van der Waals surface area contributed by atoms with Gasteiger partial charge in [0.25, 0.3) is 0 Å². The van der Waals surface area contributed by atoms with E-state index >= 15 is 0 Å². The molecule has 0 aromatic carbocycles. The van der Waals surface area contributed by atoms with E-state index in [2.05, 4.69) is 23.6 Å². The van der Waals surface area contributed by atoms with Crippen molar-refractivity contribution in [2.45, 2.75) is 46.1 Å². The predicted octanol–water partition coefficient (Wildman–Crippen LogP) is 1.75. The number of nitrogens with zero attached hydrogens (tertiary/aromatic N) is 2. The third-order valence-electron chi connectivity index (χ3n) is 3.77. The number of likely N-dealkylation sites (tertiary alicyclic amines) is 1. The molecule has 0 N–H and O–H groups in total. The quantitative estimate of drug-likeness (QED) is 0.650. The maximum Gasteiger partial charge on any atom is 0.323 e. The molecule has 0 spiro atoms. The number of ether oxygens (including phenoxy) is 1. The van der Waals surface area contributed by atoms with Crippen molar-refractivity contribution in [3.63, 3.8) is 0 Å². The molecule has 1 aliphatic rings. The molecule has 4 heteroatoms. The van der Waals surface area contributed by atoms with Crippen LogP contribution in [0.3, 0.4) is 0 Å².